The van der Waals surface area contributed by atoms with Gasteiger partial charge in [-0.2, -0.15) is 4.98 Å². The van der Waals surface area contributed by atoms with Crippen LogP contribution in [0.5, 0.6) is 11.5 Å². The Morgan fingerprint density at radius 1 is 1.11 bits per heavy atom. The third-order valence-electron chi connectivity index (χ3n) is 2.54. The summed E-state index contributed by atoms with van der Waals surface area (Å²) in [6.07, 6.45) is 0. The highest BCUT2D eigenvalue weighted by molar-refractivity contribution is 5.66. The van der Waals surface area contributed by atoms with Gasteiger partial charge in [-0.25, -0.2) is 4.98 Å². The van der Waals surface area contributed by atoms with Crippen molar-refractivity contribution in [3.05, 3.63) is 30.0 Å². The molecule has 0 spiro atoms. The van der Waals surface area contributed by atoms with Gasteiger partial charge in [0.1, 0.15) is 17.3 Å². The average molecular weight is 260 g/mol. The van der Waals surface area contributed by atoms with Crippen LogP contribution in [-0.4, -0.2) is 24.2 Å². The molecule has 0 atom stereocenters. The number of nitrogens with one attached hydrogen (secondary N) is 1. The summed E-state index contributed by atoms with van der Waals surface area (Å²) in [7, 11) is 3.21. The Labute approximate surface area is 111 Å². The number of ether oxygens (including phenoxy) is 2. The maximum Gasteiger partial charge on any atom is 0.222 e. The average Bonchev–Trinajstić information content (AvgIpc) is 2.37. The monoisotopic (exact) mass is 260 g/mol. The van der Waals surface area contributed by atoms with Crippen LogP contribution in [-0.2, 0) is 0 Å². The second-order valence-corrected chi connectivity index (χ2v) is 3.94. The summed E-state index contributed by atoms with van der Waals surface area (Å²) in [6.45, 7) is 1.85. The topological polar surface area (TPSA) is 82.3 Å². The number of benzene rings is 1. The van der Waals surface area contributed by atoms with Crippen molar-refractivity contribution in [3.63, 3.8) is 0 Å². The van der Waals surface area contributed by atoms with Gasteiger partial charge in [0.25, 0.3) is 0 Å². The Hall–Kier alpha value is -2.50. The summed E-state index contributed by atoms with van der Waals surface area (Å²) >= 11 is 0. The van der Waals surface area contributed by atoms with Gasteiger partial charge in [-0.05, 0) is 19.1 Å². The number of rotatable bonds is 4. The molecule has 0 radical (unpaired) electrons. The zero-order valence-electron chi connectivity index (χ0n) is 11.1. The molecule has 2 rings (SSSR count). The number of aryl methyl sites for hydroxylation is 1. The Kier molecular flexibility index (Phi) is 3.70. The smallest absolute Gasteiger partial charge is 0.222 e. The van der Waals surface area contributed by atoms with Crippen molar-refractivity contribution in [2.75, 3.05) is 25.3 Å². The summed E-state index contributed by atoms with van der Waals surface area (Å²) in [5.74, 6) is 2.25. The lowest BCUT2D eigenvalue weighted by atomic mass is 10.2. The Morgan fingerprint density at radius 2 is 1.89 bits per heavy atom. The van der Waals surface area contributed by atoms with Crippen molar-refractivity contribution in [1.29, 1.82) is 0 Å². The fraction of sp³-hybridized carbons (Fsp3) is 0.231. The maximum absolute atomic E-state index is 5.62. The second kappa shape index (κ2) is 5.43. The molecule has 0 unspecified atom stereocenters. The number of nitrogens with zero attached hydrogens (tertiary/aromatic N) is 2. The van der Waals surface area contributed by atoms with Crippen molar-refractivity contribution < 1.29 is 9.47 Å². The van der Waals surface area contributed by atoms with E-state index in [1.165, 1.54) is 0 Å². The molecule has 1 aromatic heterocycles. The molecule has 19 heavy (non-hydrogen) atoms. The van der Waals surface area contributed by atoms with Gasteiger partial charge in [0.05, 0.1) is 19.9 Å². The highest BCUT2D eigenvalue weighted by Crippen LogP contribution is 2.31. The van der Waals surface area contributed by atoms with Crippen molar-refractivity contribution in [2.24, 2.45) is 0 Å². The van der Waals surface area contributed by atoms with E-state index >= 15 is 0 Å². The van der Waals surface area contributed by atoms with Crippen LogP contribution in [0.25, 0.3) is 0 Å². The molecule has 1 heterocycles. The van der Waals surface area contributed by atoms with E-state index in [2.05, 4.69) is 15.3 Å². The minimum absolute atomic E-state index is 0.226. The van der Waals surface area contributed by atoms with Gasteiger partial charge < -0.3 is 20.5 Å². The van der Waals surface area contributed by atoms with E-state index in [0.29, 0.717) is 11.6 Å². The molecule has 0 bridgehead atoms. The van der Waals surface area contributed by atoms with Gasteiger partial charge in [0, 0.05) is 17.8 Å². The second-order valence-electron chi connectivity index (χ2n) is 3.94. The van der Waals surface area contributed by atoms with E-state index in [4.69, 9.17) is 15.2 Å². The predicted molar refractivity (Wildman–Crippen MR) is 74.0 cm³/mol. The van der Waals surface area contributed by atoms with Gasteiger partial charge >= 0.3 is 0 Å². The molecular weight excluding hydrogens is 244 g/mol. The molecule has 0 saturated heterocycles. The molecule has 100 valence electrons. The van der Waals surface area contributed by atoms with E-state index < -0.39 is 0 Å². The first-order chi connectivity index (χ1) is 9.12. The quantitative estimate of drug-likeness (QED) is 0.876. The van der Waals surface area contributed by atoms with Gasteiger partial charge in [-0.1, -0.05) is 0 Å². The number of nitrogens with two attached hydrogens (primary N) is 1. The number of nitrogen functional groups attached to an aromatic ring is 1. The van der Waals surface area contributed by atoms with E-state index in [1.54, 1.807) is 20.3 Å². The van der Waals surface area contributed by atoms with Crippen LogP contribution < -0.4 is 20.5 Å². The molecule has 0 aliphatic heterocycles. The summed E-state index contributed by atoms with van der Waals surface area (Å²) < 4.78 is 10.5. The Morgan fingerprint density at radius 3 is 2.53 bits per heavy atom. The molecule has 0 saturated carbocycles. The lowest BCUT2D eigenvalue weighted by Crippen LogP contribution is -2.02. The van der Waals surface area contributed by atoms with Crippen molar-refractivity contribution >= 4 is 17.5 Å². The molecule has 6 heteroatoms. The molecular formula is C13H16N4O2. The van der Waals surface area contributed by atoms with Crippen molar-refractivity contribution in [1.82, 2.24) is 9.97 Å². The standard InChI is InChI=1S/C13H16N4O2/c1-8-6-12(17-13(14)15-8)16-10-7-9(18-2)4-5-11(10)19-3/h4-7H,1-3H3,(H3,14,15,16,17). The van der Waals surface area contributed by atoms with Crippen molar-refractivity contribution in [2.45, 2.75) is 6.92 Å². The predicted octanol–water partition coefficient (Wildman–Crippen LogP) is 2.13. The van der Waals surface area contributed by atoms with Gasteiger partial charge in [-0.3, -0.25) is 0 Å². The first-order valence-electron chi connectivity index (χ1n) is 5.72. The molecule has 1 aromatic carbocycles. The first kappa shape index (κ1) is 12.9. The van der Waals surface area contributed by atoms with Crippen LogP contribution in [0.15, 0.2) is 24.3 Å². The van der Waals surface area contributed by atoms with Gasteiger partial charge in [-0.15, -0.1) is 0 Å². The molecule has 6 nitrogen and oxygen atoms in total. The molecule has 0 fully saturated rings. The zero-order chi connectivity index (χ0) is 13.8. The molecule has 0 aliphatic carbocycles. The van der Waals surface area contributed by atoms with E-state index in [0.717, 1.165) is 17.1 Å². The van der Waals surface area contributed by atoms with E-state index in [-0.39, 0.29) is 5.95 Å². The number of hydrogen-bond acceptors (Lipinski definition) is 6. The zero-order valence-corrected chi connectivity index (χ0v) is 11.1. The first-order valence-corrected chi connectivity index (χ1v) is 5.72. The maximum atomic E-state index is 5.62. The highest BCUT2D eigenvalue weighted by atomic mass is 16.5. The molecule has 0 amide bonds. The fourth-order valence-corrected chi connectivity index (χ4v) is 1.71. The van der Waals surface area contributed by atoms with Crippen LogP contribution in [0.2, 0.25) is 0 Å². The summed E-state index contributed by atoms with van der Waals surface area (Å²) in [5.41, 5.74) is 7.16. The molecule has 2 aromatic rings. The Bertz CT molecular complexity index is 567. The van der Waals surface area contributed by atoms with Crippen LogP contribution in [0, 0.1) is 6.92 Å². The van der Waals surface area contributed by atoms with Gasteiger partial charge in [0.2, 0.25) is 5.95 Å². The summed E-state index contributed by atoms with van der Waals surface area (Å²) in [5, 5.41) is 3.14. The number of hydrogen-bond donors (Lipinski definition) is 2. The molecule has 3 N–H and O–H groups in total. The van der Waals surface area contributed by atoms with Crippen LogP contribution >= 0.6 is 0 Å². The van der Waals surface area contributed by atoms with Crippen LogP contribution in [0.4, 0.5) is 17.5 Å². The molecule has 0 aliphatic rings. The number of methoxy groups -OCH3 is 2. The van der Waals surface area contributed by atoms with Crippen LogP contribution in [0.3, 0.4) is 0 Å². The van der Waals surface area contributed by atoms with Gasteiger partial charge in [0.15, 0.2) is 0 Å². The lowest BCUT2D eigenvalue weighted by Gasteiger charge is -2.12. The number of aromatic nitrogens is 2. The minimum Gasteiger partial charge on any atom is -0.497 e. The van der Waals surface area contributed by atoms with E-state index in [9.17, 15) is 0 Å². The number of anilines is 3. The van der Waals surface area contributed by atoms with E-state index in [1.807, 2.05) is 25.1 Å². The lowest BCUT2D eigenvalue weighted by molar-refractivity contribution is 0.405. The fourth-order valence-electron chi connectivity index (χ4n) is 1.71. The minimum atomic E-state index is 0.226. The highest BCUT2D eigenvalue weighted by Gasteiger charge is 2.07. The third kappa shape index (κ3) is 3.04. The normalized spacial score (nSPS) is 10.1. The summed E-state index contributed by atoms with van der Waals surface area (Å²) in [4.78, 5) is 8.14. The SMILES string of the molecule is COc1ccc(OC)c(Nc2cc(C)nc(N)n2)c1. The summed E-state index contributed by atoms with van der Waals surface area (Å²) in [6, 6.07) is 7.27. The van der Waals surface area contributed by atoms with Crippen LogP contribution in [0.1, 0.15) is 5.69 Å². The largest absolute Gasteiger partial charge is 0.497 e. The third-order valence-corrected chi connectivity index (χ3v) is 2.54. The van der Waals surface area contributed by atoms with Crippen molar-refractivity contribution in [3.8, 4) is 11.5 Å². The Balaban J connectivity index is 2.35.